The molecule has 10 aromatic rings. The smallest absolute Gasteiger partial charge is 0.258 e. The van der Waals surface area contributed by atoms with E-state index in [1.54, 1.807) is 0 Å². The zero-order valence-electron chi connectivity index (χ0n) is 63.2. The van der Waals surface area contributed by atoms with Crippen molar-refractivity contribution in [1.29, 1.82) is 0 Å². The number of nitrogens with one attached hydrogen (secondary N) is 6. The molecule has 108 heavy (non-hydrogen) atoms. The summed E-state index contributed by atoms with van der Waals surface area (Å²) in [6.45, 7) is 12.2. The first-order valence-corrected chi connectivity index (χ1v) is 39.4. The number of H-pyrrole nitrogens is 4. The summed E-state index contributed by atoms with van der Waals surface area (Å²) in [6.07, 6.45) is 22.4. The highest BCUT2D eigenvalue weighted by Crippen LogP contribution is 2.59. The summed E-state index contributed by atoms with van der Waals surface area (Å²) in [6, 6.07) is 41.6. The van der Waals surface area contributed by atoms with Crippen LogP contribution in [0.1, 0.15) is 267 Å². The molecule has 2 amide bonds. The van der Waals surface area contributed by atoms with E-state index < -0.39 is 0 Å². The van der Waals surface area contributed by atoms with Gasteiger partial charge in [-0.1, -0.05) is 141 Å². The average molecular weight is 1460 g/mol. The van der Waals surface area contributed by atoms with E-state index in [2.05, 4.69) is 133 Å². The molecule has 564 valence electrons. The van der Waals surface area contributed by atoms with Crippen LogP contribution in [0.2, 0.25) is 0 Å². The fraction of sp³-hybridized carbons (Fsp3) is 0.400. The van der Waals surface area contributed by atoms with Gasteiger partial charge in [-0.3, -0.25) is 9.59 Å². The summed E-state index contributed by atoms with van der Waals surface area (Å²) in [7, 11) is 0. The second kappa shape index (κ2) is 33.7. The predicted molar refractivity (Wildman–Crippen MR) is 416 cm³/mol. The lowest BCUT2D eigenvalue weighted by Gasteiger charge is -2.37. The maximum absolute atomic E-state index is 14.9. The molecular formula is C90H102N6O12. The van der Waals surface area contributed by atoms with Crippen LogP contribution in [0, 0.1) is 13.8 Å². The number of rotatable bonds is 32. The van der Waals surface area contributed by atoms with E-state index in [9.17, 15) is 9.59 Å². The summed E-state index contributed by atoms with van der Waals surface area (Å²) in [5.41, 5.74) is 17.0. The lowest BCUT2D eigenvalue weighted by atomic mass is 9.74. The van der Waals surface area contributed by atoms with Crippen LogP contribution in [0.3, 0.4) is 0 Å². The molecule has 1 aliphatic carbocycles. The summed E-state index contributed by atoms with van der Waals surface area (Å²) in [5.74, 6) is 4.33. The van der Waals surface area contributed by atoms with Crippen LogP contribution < -0.4 is 58.0 Å². The molecule has 4 aromatic heterocycles. The van der Waals surface area contributed by atoms with Crippen molar-refractivity contribution in [3.05, 3.63) is 247 Å². The minimum atomic E-state index is -0.315. The molecule has 15 rings (SSSR count). The molecule has 0 spiro atoms. The van der Waals surface area contributed by atoms with Gasteiger partial charge in [0.05, 0.1) is 36.1 Å². The van der Waals surface area contributed by atoms with Gasteiger partial charge in [-0.05, 0) is 124 Å². The van der Waals surface area contributed by atoms with E-state index in [1.165, 1.54) is 0 Å². The Morgan fingerprint density at radius 2 is 0.639 bits per heavy atom. The first kappa shape index (κ1) is 72.9. The molecule has 0 radical (unpaired) electrons. The fourth-order valence-electron chi connectivity index (χ4n) is 17.5. The number of para-hydroxylation sites is 2. The number of carbonyl (C=O) groups is 2. The van der Waals surface area contributed by atoms with E-state index in [0.717, 1.165) is 192 Å². The van der Waals surface area contributed by atoms with E-state index in [1.807, 2.05) is 85.5 Å². The van der Waals surface area contributed by atoms with Gasteiger partial charge >= 0.3 is 0 Å². The molecule has 8 heterocycles. The maximum Gasteiger partial charge on any atom is 0.258 e. The third kappa shape index (κ3) is 14.8. The molecule has 8 bridgehead atoms. The lowest BCUT2D eigenvalue weighted by molar-refractivity contribution is -0.124. The molecule has 5 aliphatic rings. The van der Waals surface area contributed by atoms with E-state index in [4.69, 9.17) is 47.4 Å². The van der Waals surface area contributed by atoms with Gasteiger partial charge in [0, 0.05) is 138 Å². The highest BCUT2D eigenvalue weighted by atomic mass is 16.7. The van der Waals surface area contributed by atoms with E-state index in [0.29, 0.717) is 68.6 Å². The third-order valence-electron chi connectivity index (χ3n) is 22.6. The number of aromatic nitrogens is 4. The Kier molecular flexibility index (Phi) is 22.7. The fourth-order valence-corrected chi connectivity index (χ4v) is 17.5. The van der Waals surface area contributed by atoms with Crippen molar-refractivity contribution in [3.63, 3.8) is 0 Å². The van der Waals surface area contributed by atoms with Crippen molar-refractivity contribution >= 4 is 11.8 Å². The van der Waals surface area contributed by atoms with Crippen LogP contribution in [0.25, 0.3) is 0 Å². The van der Waals surface area contributed by atoms with Gasteiger partial charge in [0.15, 0.2) is 13.2 Å². The van der Waals surface area contributed by atoms with Crippen molar-refractivity contribution < 1.29 is 57.0 Å². The maximum atomic E-state index is 14.9. The largest absolute Gasteiger partial charge is 0.483 e. The van der Waals surface area contributed by atoms with Crippen molar-refractivity contribution in [2.45, 2.75) is 193 Å². The van der Waals surface area contributed by atoms with Crippen molar-refractivity contribution in [2.75, 3.05) is 40.4 Å². The minimum Gasteiger partial charge on any atom is -0.483 e. The Hall–Kier alpha value is -10.6. The molecule has 18 nitrogen and oxygen atoms in total. The first-order valence-electron chi connectivity index (χ1n) is 39.4. The number of hydrogen-bond donors (Lipinski definition) is 6. The zero-order valence-corrected chi connectivity index (χ0v) is 63.2. The number of carbonyl (C=O) groups excluding carboxylic acids is 2. The van der Waals surface area contributed by atoms with Gasteiger partial charge < -0.3 is 77.9 Å². The normalized spacial score (nSPS) is 16.4. The molecule has 4 unspecified atom stereocenters. The second-order valence-electron chi connectivity index (χ2n) is 29.5. The predicted octanol–water partition coefficient (Wildman–Crippen LogP) is 19.4. The Bertz CT molecular complexity index is 4230. The van der Waals surface area contributed by atoms with Crippen LogP contribution in [0.4, 0.5) is 0 Å². The van der Waals surface area contributed by atoms with Crippen LogP contribution in [0.15, 0.2) is 146 Å². The Labute approximate surface area is 633 Å². The monoisotopic (exact) mass is 1460 g/mol. The highest BCUT2D eigenvalue weighted by molar-refractivity contribution is 5.79. The lowest BCUT2D eigenvalue weighted by Crippen LogP contribution is -2.30. The molecule has 0 saturated carbocycles. The van der Waals surface area contributed by atoms with Crippen LogP contribution in [-0.2, 0) is 22.7 Å². The first-order chi connectivity index (χ1) is 53.1. The van der Waals surface area contributed by atoms with Crippen molar-refractivity contribution in [3.8, 4) is 57.5 Å². The number of amides is 2. The SMILES string of the molecule is CCCCCC1c2cc3c4c(C)c2OCOc2c1cc1c(c2CNC(=O)COc2ccccc2C(c2ccc[nH]2)c2ccc[nH]2)OCOc2c(cc5c(c2C)OCOc2c(cc(c(c2CNC(=O)COc2ccccc2C(c2ccc[nH]2)c2ccc[nH]2)OCO4)C3CCCCC)C5CCCCC)C1CCCCC. The summed E-state index contributed by atoms with van der Waals surface area (Å²) < 4.78 is 70.2. The van der Waals surface area contributed by atoms with Gasteiger partial charge in [-0.2, -0.15) is 0 Å². The number of hydrogen-bond acceptors (Lipinski definition) is 12. The Balaban J connectivity index is 0.895. The van der Waals surface area contributed by atoms with Gasteiger partial charge in [-0.25, -0.2) is 0 Å². The average Bonchev–Trinajstić information content (AvgIpc) is 0.928. The molecule has 6 aromatic carbocycles. The van der Waals surface area contributed by atoms with E-state index in [-0.39, 0.29) is 101 Å². The van der Waals surface area contributed by atoms with Gasteiger partial charge in [-0.15, -0.1) is 0 Å². The molecule has 0 fully saturated rings. The molecular weight excluding hydrogens is 1360 g/mol. The number of unbranched alkanes of at least 4 members (excludes halogenated alkanes) is 8. The minimum absolute atomic E-state index is 0.0483. The second-order valence-corrected chi connectivity index (χ2v) is 29.5. The van der Waals surface area contributed by atoms with Crippen LogP contribution in [-0.4, -0.2) is 72.1 Å². The Morgan fingerprint density at radius 1 is 0.370 bits per heavy atom. The molecule has 0 saturated heterocycles. The quantitative estimate of drug-likeness (QED) is 0.0217. The molecule has 6 N–H and O–H groups in total. The van der Waals surface area contributed by atoms with Crippen molar-refractivity contribution in [2.24, 2.45) is 0 Å². The number of benzene rings is 6. The van der Waals surface area contributed by atoms with Crippen LogP contribution >= 0.6 is 0 Å². The van der Waals surface area contributed by atoms with E-state index >= 15 is 0 Å². The molecule has 4 atom stereocenters. The Morgan fingerprint density at radius 3 is 0.907 bits per heavy atom. The number of ether oxygens (including phenoxy) is 10. The molecule has 4 aliphatic heterocycles. The summed E-state index contributed by atoms with van der Waals surface area (Å²) in [5, 5.41) is 6.69. The summed E-state index contributed by atoms with van der Waals surface area (Å²) >= 11 is 0. The van der Waals surface area contributed by atoms with Crippen molar-refractivity contribution in [1.82, 2.24) is 30.6 Å². The van der Waals surface area contributed by atoms with Crippen LogP contribution in [0.5, 0.6) is 57.5 Å². The highest BCUT2D eigenvalue weighted by Gasteiger charge is 2.42. The zero-order chi connectivity index (χ0) is 74.0. The number of aromatic amines is 4. The standard InChI is InChI=1S/C90H102N6O12/c1-7-11-15-27-57-63-43-64-58(28-16-12-8-2)69-46-70-60(30-18-14-10-4)66-44-65-59(29-17-13-9-3)68-45-67(57)87-71(47-95-79(97)49-99-77-37-21-19-31-61(77)81(73-33-23-39-91-73)74-34-24-40-92-74)88(68)106-53-103-85(65)56(6)86(66)104-54-108-90(70)72(89(69)107-52-102-84(64)55(5)83(63)101-51-105-87)48-96-80(98)50-100-78-38-22-20-32-62(78)82(75-35-25-41-93-75)76-36-26-42-94-76/h19-26,31-46,57-60,81-82,91-94H,7-18,27-30,47-54H2,1-6H3,(H,95,97)(H,96,98). The van der Waals surface area contributed by atoms with Gasteiger partial charge in [0.2, 0.25) is 27.2 Å². The third-order valence-corrected chi connectivity index (χ3v) is 22.6. The van der Waals surface area contributed by atoms with Gasteiger partial charge in [0.1, 0.15) is 57.5 Å². The molecule has 18 heteroatoms. The topological polar surface area (TPSA) is 214 Å². The van der Waals surface area contributed by atoms with Gasteiger partial charge in [0.25, 0.3) is 11.8 Å². The summed E-state index contributed by atoms with van der Waals surface area (Å²) in [4.78, 5) is 43.4.